The number of rotatable bonds is 6. The second-order valence-electron chi connectivity index (χ2n) is 11.0. The van der Waals surface area contributed by atoms with Gasteiger partial charge >= 0.3 is 0 Å². The van der Waals surface area contributed by atoms with Gasteiger partial charge in [-0.3, -0.25) is 0 Å². The van der Waals surface area contributed by atoms with Gasteiger partial charge in [-0.1, -0.05) is 31.2 Å². The van der Waals surface area contributed by atoms with E-state index in [0.29, 0.717) is 60.3 Å². The summed E-state index contributed by atoms with van der Waals surface area (Å²) in [6.07, 6.45) is 6.59. The molecule has 0 amide bonds. The largest absolute Gasteiger partial charge is 0.207 e. The number of nitriles is 1. The Bertz CT molecular complexity index is 1350. The highest BCUT2D eigenvalue weighted by Gasteiger charge is 2.31. The minimum atomic E-state index is -0.767. The first-order valence-corrected chi connectivity index (χ1v) is 13.8. The number of halogens is 4. The third kappa shape index (κ3) is 5.23. The van der Waals surface area contributed by atoms with E-state index in [9.17, 15) is 8.78 Å². The predicted octanol–water partition coefficient (Wildman–Crippen LogP) is 8.86. The molecule has 38 heavy (non-hydrogen) atoms. The number of fused-ring (bicyclic) bond motifs is 1. The van der Waals surface area contributed by atoms with Crippen LogP contribution in [-0.4, -0.2) is 0 Å². The van der Waals surface area contributed by atoms with Crippen LogP contribution in [0.4, 0.5) is 17.6 Å². The topological polar surface area (TPSA) is 23.8 Å². The third-order valence-corrected chi connectivity index (χ3v) is 8.85. The molecule has 2 aliphatic carbocycles. The molecule has 0 radical (unpaired) electrons. The van der Waals surface area contributed by atoms with Crippen LogP contribution in [0.5, 0.6) is 0 Å². The molecule has 1 atom stereocenters. The minimum Gasteiger partial charge on any atom is -0.207 e. The Kier molecular flexibility index (Phi) is 7.88. The summed E-state index contributed by atoms with van der Waals surface area (Å²) in [5.41, 5.74) is 4.17. The van der Waals surface area contributed by atoms with Gasteiger partial charge in [-0.2, -0.15) is 5.26 Å². The standard InChI is InChI=1S/C33H33F4N/c1-2-22-10-15-26(32(36)31(22)35)9-3-20-6-16-28-27(17-20)18-29(34)30(33(28)37)25-13-11-24(12-14-25)23-7-4-21(19-38)5-8-23/h4-5,7-8,10,15,18,20,24-25H,2-3,6,9,11-14,16-17H2,1H3. The van der Waals surface area contributed by atoms with E-state index in [-0.39, 0.29) is 23.2 Å². The van der Waals surface area contributed by atoms with Crippen molar-refractivity contribution in [1.29, 1.82) is 5.26 Å². The van der Waals surface area contributed by atoms with E-state index in [2.05, 4.69) is 6.07 Å². The monoisotopic (exact) mass is 519 g/mol. The quantitative estimate of drug-likeness (QED) is 0.298. The van der Waals surface area contributed by atoms with Gasteiger partial charge in [0, 0.05) is 5.56 Å². The molecule has 0 aliphatic heterocycles. The summed E-state index contributed by atoms with van der Waals surface area (Å²) in [5, 5.41) is 9.01. The van der Waals surface area contributed by atoms with Crippen molar-refractivity contribution in [2.75, 3.05) is 0 Å². The molecule has 198 valence electrons. The van der Waals surface area contributed by atoms with Crippen molar-refractivity contribution in [1.82, 2.24) is 0 Å². The van der Waals surface area contributed by atoms with Crippen molar-refractivity contribution in [3.8, 4) is 6.07 Å². The number of benzene rings is 3. The molecule has 0 spiro atoms. The molecule has 1 nitrogen and oxygen atoms in total. The maximum Gasteiger partial charge on any atom is 0.162 e. The molecule has 2 aliphatic rings. The van der Waals surface area contributed by atoms with Crippen LogP contribution >= 0.6 is 0 Å². The zero-order valence-corrected chi connectivity index (χ0v) is 21.8. The van der Waals surface area contributed by atoms with Gasteiger partial charge in [0.15, 0.2) is 11.6 Å². The molecule has 1 saturated carbocycles. The lowest BCUT2D eigenvalue weighted by Crippen LogP contribution is -2.20. The van der Waals surface area contributed by atoms with Gasteiger partial charge in [0.2, 0.25) is 0 Å². The third-order valence-electron chi connectivity index (χ3n) is 8.85. The van der Waals surface area contributed by atoms with Crippen molar-refractivity contribution in [3.63, 3.8) is 0 Å². The molecule has 1 fully saturated rings. The summed E-state index contributed by atoms with van der Waals surface area (Å²) >= 11 is 0. The smallest absolute Gasteiger partial charge is 0.162 e. The molecule has 1 unspecified atom stereocenters. The fourth-order valence-electron chi connectivity index (χ4n) is 6.56. The highest BCUT2D eigenvalue weighted by atomic mass is 19.2. The van der Waals surface area contributed by atoms with Crippen LogP contribution in [0.1, 0.15) is 96.2 Å². The first kappa shape index (κ1) is 26.5. The van der Waals surface area contributed by atoms with Crippen LogP contribution < -0.4 is 0 Å². The van der Waals surface area contributed by atoms with Crippen LogP contribution in [0, 0.1) is 40.5 Å². The molecule has 0 saturated heterocycles. The maximum absolute atomic E-state index is 15.7. The van der Waals surface area contributed by atoms with Crippen molar-refractivity contribution in [2.24, 2.45) is 5.92 Å². The normalized spacial score (nSPS) is 21.1. The van der Waals surface area contributed by atoms with E-state index in [1.54, 1.807) is 19.1 Å². The van der Waals surface area contributed by atoms with Crippen LogP contribution in [0.25, 0.3) is 0 Å². The molecule has 3 aromatic rings. The fraction of sp³-hybridized carbons (Fsp3) is 0.424. The van der Waals surface area contributed by atoms with Gasteiger partial charge in [0.25, 0.3) is 0 Å². The van der Waals surface area contributed by atoms with Gasteiger partial charge < -0.3 is 0 Å². The molecule has 5 rings (SSSR count). The molecule has 5 heteroatoms. The Morgan fingerprint density at radius 3 is 2.16 bits per heavy atom. The first-order valence-electron chi connectivity index (χ1n) is 13.8. The summed E-state index contributed by atoms with van der Waals surface area (Å²) < 4.78 is 59.6. The average molecular weight is 520 g/mol. The Morgan fingerprint density at radius 1 is 0.816 bits per heavy atom. The fourth-order valence-corrected chi connectivity index (χ4v) is 6.56. The lowest BCUT2D eigenvalue weighted by atomic mass is 9.74. The summed E-state index contributed by atoms with van der Waals surface area (Å²) in [6, 6.07) is 14.6. The van der Waals surface area contributed by atoms with Gasteiger partial charge in [-0.05, 0) is 128 Å². The molecular weight excluding hydrogens is 486 g/mol. The Hall–Kier alpha value is -3.13. The maximum atomic E-state index is 15.7. The second kappa shape index (κ2) is 11.3. The predicted molar refractivity (Wildman–Crippen MR) is 141 cm³/mol. The number of hydrogen-bond acceptors (Lipinski definition) is 1. The number of nitrogens with zero attached hydrogens (tertiary/aromatic N) is 1. The Morgan fingerprint density at radius 2 is 1.47 bits per heavy atom. The van der Waals surface area contributed by atoms with E-state index in [0.717, 1.165) is 37.7 Å². The number of hydrogen-bond donors (Lipinski definition) is 0. The van der Waals surface area contributed by atoms with Crippen molar-refractivity contribution < 1.29 is 17.6 Å². The van der Waals surface area contributed by atoms with Crippen LogP contribution in [-0.2, 0) is 25.7 Å². The van der Waals surface area contributed by atoms with E-state index in [1.165, 1.54) is 11.6 Å². The van der Waals surface area contributed by atoms with E-state index in [1.807, 2.05) is 24.3 Å². The van der Waals surface area contributed by atoms with Crippen molar-refractivity contribution in [2.45, 2.75) is 83.0 Å². The number of aryl methyl sites for hydroxylation is 2. The molecule has 0 heterocycles. The molecule has 0 aromatic heterocycles. The van der Waals surface area contributed by atoms with E-state index < -0.39 is 17.5 Å². The SMILES string of the molecule is CCc1ccc(CCC2CCc3c(cc(F)c(C4CCC(c5ccc(C#N)cc5)CC4)c3F)C2)c(F)c1F. The molecule has 3 aromatic carbocycles. The molecule has 0 bridgehead atoms. The highest BCUT2D eigenvalue weighted by molar-refractivity contribution is 5.40. The molecule has 0 N–H and O–H groups in total. The van der Waals surface area contributed by atoms with Gasteiger partial charge in [0.1, 0.15) is 11.6 Å². The van der Waals surface area contributed by atoms with Crippen molar-refractivity contribution in [3.05, 3.63) is 105 Å². The van der Waals surface area contributed by atoms with Crippen LogP contribution in [0.15, 0.2) is 42.5 Å². The van der Waals surface area contributed by atoms with Crippen LogP contribution in [0.3, 0.4) is 0 Å². The van der Waals surface area contributed by atoms with Gasteiger partial charge in [0.05, 0.1) is 11.6 Å². The summed E-state index contributed by atoms with van der Waals surface area (Å²) in [7, 11) is 0. The zero-order valence-electron chi connectivity index (χ0n) is 21.8. The minimum absolute atomic E-state index is 0.128. The summed E-state index contributed by atoms with van der Waals surface area (Å²) in [5.74, 6) is -1.95. The highest BCUT2D eigenvalue weighted by Crippen LogP contribution is 2.44. The lowest BCUT2D eigenvalue weighted by molar-refractivity contribution is 0.369. The first-order chi connectivity index (χ1) is 18.4. The lowest BCUT2D eigenvalue weighted by Gasteiger charge is -2.31. The van der Waals surface area contributed by atoms with Gasteiger partial charge in [-0.25, -0.2) is 17.6 Å². The second-order valence-corrected chi connectivity index (χ2v) is 11.0. The van der Waals surface area contributed by atoms with Crippen LogP contribution in [0.2, 0.25) is 0 Å². The van der Waals surface area contributed by atoms with Gasteiger partial charge in [-0.15, -0.1) is 0 Å². The van der Waals surface area contributed by atoms with E-state index in [4.69, 9.17) is 5.26 Å². The van der Waals surface area contributed by atoms with Crippen molar-refractivity contribution >= 4 is 0 Å². The zero-order chi connectivity index (χ0) is 26.8. The summed E-state index contributed by atoms with van der Waals surface area (Å²) in [6.45, 7) is 1.79. The average Bonchev–Trinajstić information content (AvgIpc) is 2.94. The Balaban J connectivity index is 1.24. The molecular formula is C33H33F4N. The Labute approximate surface area is 222 Å². The van der Waals surface area contributed by atoms with E-state index >= 15 is 8.78 Å². The summed E-state index contributed by atoms with van der Waals surface area (Å²) in [4.78, 5) is 0.